The van der Waals surface area contributed by atoms with Crippen molar-refractivity contribution in [2.24, 2.45) is 0 Å². The van der Waals surface area contributed by atoms with Crippen LogP contribution in [-0.2, 0) is 4.79 Å². The third-order valence-electron chi connectivity index (χ3n) is 2.44. The predicted octanol–water partition coefficient (Wildman–Crippen LogP) is 2.27. The van der Waals surface area contributed by atoms with E-state index >= 15 is 0 Å². The number of nitro groups is 1. The van der Waals surface area contributed by atoms with Crippen molar-refractivity contribution in [3.63, 3.8) is 0 Å². The number of aromatic nitrogens is 1. The van der Waals surface area contributed by atoms with E-state index in [0.717, 1.165) is 0 Å². The van der Waals surface area contributed by atoms with Gasteiger partial charge in [-0.25, -0.2) is 0 Å². The molecular formula is C11H14N2O4. The largest absolute Gasteiger partial charge is 0.481 e. The minimum absolute atomic E-state index is 0.0457. The van der Waals surface area contributed by atoms with Crippen LogP contribution in [0.15, 0.2) is 12.1 Å². The lowest BCUT2D eigenvalue weighted by atomic mass is 9.98. The monoisotopic (exact) mass is 238 g/mol. The molecule has 1 atom stereocenters. The summed E-state index contributed by atoms with van der Waals surface area (Å²) in [7, 11) is 0. The van der Waals surface area contributed by atoms with E-state index in [2.05, 4.69) is 4.98 Å². The van der Waals surface area contributed by atoms with Gasteiger partial charge in [0.15, 0.2) is 0 Å². The first kappa shape index (κ1) is 13.1. The number of rotatable bonds is 5. The highest BCUT2D eigenvalue weighted by atomic mass is 16.6. The predicted molar refractivity (Wildman–Crippen MR) is 60.9 cm³/mol. The smallest absolute Gasteiger partial charge is 0.312 e. The van der Waals surface area contributed by atoms with Gasteiger partial charge in [-0.15, -0.1) is 0 Å². The van der Waals surface area contributed by atoms with Crippen LogP contribution in [0.5, 0.6) is 0 Å². The van der Waals surface area contributed by atoms with Crippen molar-refractivity contribution in [2.75, 3.05) is 0 Å². The molecule has 0 bridgehead atoms. The van der Waals surface area contributed by atoms with Gasteiger partial charge < -0.3 is 5.11 Å². The van der Waals surface area contributed by atoms with E-state index in [0.29, 0.717) is 18.5 Å². The zero-order chi connectivity index (χ0) is 13.0. The van der Waals surface area contributed by atoms with Crippen LogP contribution in [0.2, 0.25) is 0 Å². The van der Waals surface area contributed by atoms with Gasteiger partial charge in [0, 0.05) is 11.8 Å². The maximum Gasteiger partial charge on any atom is 0.312 e. The zero-order valence-electron chi connectivity index (χ0n) is 9.71. The molecule has 1 N–H and O–H groups in total. The molecule has 17 heavy (non-hydrogen) atoms. The van der Waals surface area contributed by atoms with Crippen LogP contribution in [-0.4, -0.2) is 21.0 Å². The lowest BCUT2D eigenvalue weighted by Crippen LogP contribution is -2.15. The van der Waals surface area contributed by atoms with Gasteiger partial charge in [-0.05, 0) is 19.4 Å². The Bertz CT molecular complexity index is 445. The van der Waals surface area contributed by atoms with E-state index in [4.69, 9.17) is 5.11 Å². The summed E-state index contributed by atoms with van der Waals surface area (Å²) in [4.78, 5) is 25.4. The highest BCUT2D eigenvalue weighted by Gasteiger charge is 2.28. The Morgan fingerprint density at radius 2 is 2.24 bits per heavy atom. The Balaban J connectivity index is 3.29. The Labute approximate surface area is 98.4 Å². The second-order valence-corrected chi connectivity index (χ2v) is 3.79. The standard InChI is InChI=1S/C11H14N2O4/c1-3-4-8(11(14)15)10-9(13(16)17)6-5-7(2)12-10/h5-6,8H,3-4H2,1-2H3,(H,14,15). The van der Waals surface area contributed by atoms with E-state index in [1.165, 1.54) is 12.1 Å². The van der Waals surface area contributed by atoms with Crippen LogP contribution < -0.4 is 0 Å². The maximum absolute atomic E-state index is 11.1. The van der Waals surface area contributed by atoms with E-state index in [1.807, 2.05) is 6.92 Å². The third kappa shape index (κ3) is 2.99. The molecule has 0 fully saturated rings. The number of hydrogen-bond donors (Lipinski definition) is 1. The summed E-state index contributed by atoms with van der Waals surface area (Å²) in [6.07, 6.45) is 0.969. The van der Waals surface area contributed by atoms with Crippen LogP contribution in [0.1, 0.15) is 37.1 Å². The quantitative estimate of drug-likeness (QED) is 0.627. The number of nitrogens with zero attached hydrogens (tertiary/aromatic N) is 2. The van der Waals surface area contributed by atoms with Crippen LogP contribution in [0.3, 0.4) is 0 Å². The number of carboxylic acid groups (broad SMARTS) is 1. The van der Waals surface area contributed by atoms with E-state index in [-0.39, 0.29) is 11.4 Å². The number of aryl methyl sites for hydroxylation is 1. The van der Waals surface area contributed by atoms with Crippen molar-refractivity contribution >= 4 is 11.7 Å². The topological polar surface area (TPSA) is 93.3 Å². The van der Waals surface area contributed by atoms with Gasteiger partial charge in [0.05, 0.1) is 4.92 Å². The highest BCUT2D eigenvalue weighted by molar-refractivity contribution is 5.77. The SMILES string of the molecule is CCCC(C(=O)O)c1nc(C)ccc1[N+](=O)[O-]. The van der Waals surface area contributed by atoms with Gasteiger partial charge in [-0.2, -0.15) is 0 Å². The average molecular weight is 238 g/mol. The van der Waals surface area contributed by atoms with Gasteiger partial charge in [-0.3, -0.25) is 19.9 Å². The lowest BCUT2D eigenvalue weighted by Gasteiger charge is -2.11. The first-order chi connectivity index (χ1) is 7.97. The summed E-state index contributed by atoms with van der Waals surface area (Å²) in [5.74, 6) is -1.99. The molecule has 0 aromatic carbocycles. The maximum atomic E-state index is 11.1. The minimum atomic E-state index is -1.08. The minimum Gasteiger partial charge on any atom is -0.481 e. The molecule has 0 aliphatic rings. The van der Waals surface area contributed by atoms with Crippen LogP contribution in [0.25, 0.3) is 0 Å². The fraction of sp³-hybridized carbons (Fsp3) is 0.455. The Kier molecular flexibility index (Phi) is 4.14. The molecule has 0 saturated heterocycles. The van der Waals surface area contributed by atoms with Crippen molar-refractivity contribution in [3.8, 4) is 0 Å². The summed E-state index contributed by atoms with van der Waals surface area (Å²) in [5, 5.41) is 19.9. The number of aliphatic carboxylic acids is 1. The first-order valence-electron chi connectivity index (χ1n) is 5.32. The molecular weight excluding hydrogens is 224 g/mol. The van der Waals surface area contributed by atoms with Crippen LogP contribution >= 0.6 is 0 Å². The normalized spacial score (nSPS) is 12.1. The zero-order valence-corrected chi connectivity index (χ0v) is 9.71. The van der Waals surface area contributed by atoms with Crippen molar-refractivity contribution in [2.45, 2.75) is 32.6 Å². The Morgan fingerprint density at radius 3 is 2.71 bits per heavy atom. The summed E-state index contributed by atoms with van der Waals surface area (Å²) >= 11 is 0. The second-order valence-electron chi connectivity index (χ2n) is 3.79. The number of carbonyl (C=O) groups is 1. The number of hydrogen-bond acceptors (Lipinski definition) is 4. The molecule has 0 saturated carbocycles. The molecule has 0 amide bonds. The Hall–Kier alpha value is -1.98. The number of carboxylic acids is 1. The van der Waals surface area contributed by atoms with Crippen molar-refractivity contribution in [1.29, 1.82) is 0 Å². The second kappa shape index (κ2) is 5.38. The van der Waals surface area contributed by atoms with Gasteiger partial charge >= 0.3 is 5.97 Å². The van der Waals surface area contributed by atoms with Crippen LogP contribution in [0, 0.1) is 17.0 Å². The van der Waals surface area contributed by atoms with Gasteiger partial charge in [0.25, 0.3) is 5.69 Å². The van der Waals surface area contributed by atoms with Crippen molar-refractivity contribution in [3.05, 3.63) is 33.6 Å². The fourth-order valence-corrected chi connectivity index (χ4v) is 1.65. The summed E-state index contributed by atoms with van der Waals surface area (Å²) in [5.41, 5.74) is 0.397. The molecule has 92 valence electrons. The van der Waals surface area contributed by atoms with E-state index in [1.54, 1.807) is 6.92 Å². The van der Waals surface area contributed by atoms with Gasteiger partial charge in [0.1, 0.15) is 11.6 Å². The molecule has 0 spiro atoms. The molecule has 6 heteroatoms. The first-order valence-corrected chi connectivity index (χ1v) is 5.32. The third-order valence-corrected chi connectivity index (χ3v) is 2.44. The molecule has 0 radical (unpaired) electrons. The molecule has 1 aromatic rings. The molecule has 1 unspecified atom stereocenters. The average Bonchev–Trinajstić information content (AvgIpc) is 2.24. The fourth-order valence-electron chi connectivity index (χ4n) is 1.65. The summed E-state index contributed by atoms with van der Waals surface area (Å²) < 4.78 is 0. The van der Waals surface area contributed by atoms with Crippen LogP contribution in [0.4, 0.5) is 5.69 Å². The molecule has 1 heterocycles. The molecule has 1 rings (SSSR count). The Morgan fingerprint density at radius 1 is 1.59 bits per heavy atom. The van der Waals surface area contributed by atoms with E-state index in [9.17, 15) is 14.9 Å². The lowest BCUT2D eigenvalue weighted by molar-refractivity contribution is -0.386. The van der Waals surface area contributed by atoms with Crippen molar-refractivity contribution < 1.29 is 14.8 Å². The highest BCUT2D eigenvalue weighted by Crippen LogP contribution is 2.28. The summed E-state index contributed by atoms with van der Waals surface area (Å²) in [6.45, 7) is 3.51. The van der Waals surface area contributed by atoms with E-state index < -0.39 is 16.8 Å². The molecule has 1 aromatic heterocycles. The van der Waals surface area contributed by atoms with Crippen molar-refractivity contribution in [1.82, 2.24) is 4.98 Å². The molecule has 0 aliphatic heterocycles. The van der Waals surface area contributed by atoms with Gasteiger partial charge in [-0.1, -0.05) is 13.3 Å². The number of pyridine rings is 1. The van der Waals surface area contributed by atoms with Gasteiger partial charge in [0.2, 0.25) is 0 Å². The molecule has 0 aliphatic carbocycles. The summed E-state index contributed by atoms with van der Waals surface area (Å²) in [6, 6.07) is 2.82. The molecule has 6 nitrogen and oxygen atoms in total.